The number of rotatable bonds is 5. The predicted octanol–water partition coefficient (Wildman–Crippen LogP) is 4.21. The van der Waals surface area contributed by atoms with Crippen LogP contribution in [0.1, 0.15) is 5.56 Å². The number of benzene rings is 2. The maximum Gasteiger partial charge on any atom is 0.233 e. The van der Waals surface area contributed by atoms with E-state index < -0.39 is 0 Å². The summed E-state index contributed by atoms with van der Waals surface area (Å²) in [6.45, 7) is 5.33. The van der Waals surface area contributed by atoms with Crippen molar-refractivity contribution >= 4 is 39.3 Å². The van der Waals surface area contributed by atoms with E-state index in [0.717, 1.165) is 36.4 Å². The molecule has 0 saturated carbocycles. The first-order valence-electron chi connectivity index (χ1n) is 8.62. The molecule has 1 amide bonds. The second-order valence-electron chi connectivity index (χ2n) is 6.26. The number of hydrogen-bond acceptors (Lipinski definition) is 4. The van der Waals surface area contributed by atoms with Crippen LogP contribution in [0.3, 0.4) is 0 Å². The Kier molecular flexibility index (Phi) is 6.48. The first-order chi connectivity index (χ1) is 12.6. The monoisotopic (exact) mass is 434 g/mol. The minimum Gasteiger partial charge on any atom is -0.497 e. The van der Waals surface area contributed by atoms with Crippen molar-refractivity contribution in [2.45, 2.75) is 11.8 Å². The summed E-state index contributed by atoms with van der Waals surface area (Å²) in [6.07, 6.45) is 0. The molecule has 0 aromatic heterocycles. The molecule has 3 rings (SSSR count). The second kappa shape index (κ2) is 8.82. The number of halogens is 1. The van der Waals surface area contributed by atoms with Gasteiger partial charge in [-0.25, -0.2) is 0 Å². The second-order valence-corrected chi connectivity index (χ2v) is 8.20. The van der Waals surface area contributed by atoms with Crippen molar-refractivity contribution in [3.05, 3.63) is 52.5 Å². The summed E-state index contributed by atoms with van der Waals surface area (Å²) in [4.78, 5) is 18.0. The molecule has 0 unspecified atom stereocenters. The molecule has 4 nitrogen and oxygen atoms in total. The summed E-state index contributed by atoms with van der Waals surface area (Å²) >= 11 is 5.09. The Morgan fingerprint density at radius 3 is 2.42 bits per heavy atom. The average molecular weight is 435 g/mol. The number of nitrogens with zero attached hydrogens (tertiary/aromatic N) is 2. The van der Waals surface area contributed by atoms with Crippen molar-refractivity contribution in [2.24, 2.45) is 0 Å². The van der Waals surface area contributed by atoms with E-state index >= 15 is 0 Å². The van der Waals surface area contributed by atoms with Crippen LogP contribution in [0.2, 0.25) is 0 Å². The van der Waals surface area contributed by atoms with Gasteiger partial charge in [-0.2, -0.15) is 0 Å². The zero-order chi connectivity index (χ0) is 18.5. The van der Waals surface area contributed by atoms with Crippen LogP contribution in [0, 0.1) is 6.92 Å². The number of anilines is 1. The largest absolute Gasteiger partial charge is 0.497 e. The Labute approximate surface area is 167 Å². The number of amides is 1. The lowest BCUT2D eigenvalue weighted by molar-refractivity contribution is -0.128. The first-order valence-corrected chi connectivity index (χ1v) is 10.4. The van der Waals surface area contributed by atoms with Crippen LogP contribution >= 0.6 is 27.7 Å². The molecule has 0 bridgehead atoms. The Morgan fingerprint density at radius 1 is 1.12 bits per heavy atom. The van der Waals surface area contributed by atoms with E-state index in [2.05, 4.69) is 52.0 Å². The summed E-state index contributed by atoms with van der Waals surface area (Å²) in [7, 11) is 1.67. The van der Waals surface area contributed by atoms with Gasteiger partial charge in [0.1, 0.15) is 5.75 Å². The number of carbonyl (C=O) groups is 1. The van der Waals surface area contributed by atoms with Gasteiger partial charge in [0.15, 0.2) is 0 Å². The molecule has 0 N–H and O–H groups in total. The van der Waals surface area contributed by atoms with Crippen LogP contribution in [-0.4, -0.2) is 49.8 Å². The van der Waals surface area contributed by atoms with Gasteiger partial charge in [0.05, 0.1) is 12.9 Å². The minimum absolute atomic E-state index is 0.215. The molecule has 1 aliphatic rings. The highest BCUT2D eigenvalue weighted by atomic mass is 79.9. The van der Waals surface area contributed by atoms with Crippen molar-refractivity contribution in [3.8, 4) is 5.75 Å². The van der Waals surface area contributed by atoms with Crippen LogP contribution in [0.15, 0.2) is 51.8 Å². The number of hydrogen-bond donors (Lipinski definition) is 0. The molecule has 26 heavy (non-hydrogen) atoms. The van der Waals surface area contributed by atoms with E-state index in [1.54, 1.807) is 18.9 Å². The summed E-state index contributed by atoms with van der Waals surface area (Å²) in [5.74, 6) is 1.57. The minimum atomic E-state index is 0.215. The molecule has 6 heteroatoms. The average Bonchev–Trinajstić information content (AvgIpc) is 2.67. The molecule has 1 saturated heterocycles. The fourth-order valence-corrected chi connectivity index (χ4v) is 4.40. The summed E-state index contributed by atoms with van der Waals surface area (Å²) in [5, 5.41) is 0. The van der Waals surface area contributed by atoms with E-state index in [1.807, 2.05) is 23.1 Å². The molecule has 1 heterocycles. The number of ether oxygens (including phenoxy) is 1. The molecule has 2 aromatic rings. The predicted molar refractivity (Wildman–Crippen MR) is 111 cm³/mol. The molecule has 138 valence electrons. The third-order valence-corrected chi connectivity index (χ3v) is 6.21. The van der Waals surface area contributed by atoms with Crippen LogP contribution in [0.5, 0.6) is 5.75 Å². The third-order valence-electron chi connectivity index (χ3n) is 4.56. The number of carbonyl (C=O) groups excluding carboxylic acids is 1. The van der Waals surface area contributed by atoms with Crippen molar-refractivity contribution in [3.63, 3.8) is 0 Å². The van der Waals surface area contributed by atoms with E-state index in [1.165, 1.54) is 16.1 Å². The maximum absolute atomic E-state index is 12.5. The maximum atomic E-state index is 12.5. The Morgan fingerprint density at radius 2 is 1.81 bits per heavy atom. The van der Waals surface area contributed by atoms with E-state index in [-0.39, 0.29) is 5.91 Å². The highest BCUT2D eigenvalue weighted by molar-refractivity contribution is 9.10. The lowest BCUT2D eigenvalue weighted by Gasteiger charge is -2.36. The van der Waals surface area contributed by atoms with Crippen molar-refractivity contribution in [2.75, 3.05) is 43.9 Å². The fourth-order valence-electron chi connectivity index (χ4n) is 3.01. The van der Waals surface area contributed by atoms with Crippen LogP contribution < -0.4 is 9.64 Å². The number of piperazine rings is 1. The normalized spacial score (nSPS) is 14.4. The molecule has 0 radical (unpaired) electrons. The SMILES string of the molecule is COc1ccc(N2CCN(C(=O)CSc3ccc(Br)cc3C)CC2)cc1. The third kappa shape index (κ3) is 4.74. The summed E-state index contributed by atoms with van der Waals surface area (Å²) < 4.78 is 6.28. The quantitative estimate of drug-likeness (QED) is 0.659. The zero-order valence-corrected chi connectivity index (χ0v) is 17.5. The van der Waals surface area contributed by atoms with Gasteiger partial charge < -0.3 is 14.5 Å². The Bertz CT molecular complexity index is 759. The lowest BCUT2D eigenvalue weighted by Crippen LogP contribution is -2.49. The highest BCUT2D eigenvalue weighted by Crippen LogP contribution is 2.26. The van der Waals surface area contributed by atoms with Gasteiger partial charge in [0.2, 0.25) is 5.91 Å². The van der Waals surface area contributed by atoms with E-state index in [4.69, 9.17) is 4.74 Å². The van der Waals surface area contributed by atoms with Crippen LogP contribution in [0.25, 0.3) is 0 Å². The lowest BCUT2D eigenvalue weighted by atomic mass is 10.2. The van der Waals surface area contributed by atoms with Crippen molar-refractivity contribution in [1.82, 2.24) is 4.90 Å². The number of thioether (sulfide) groups is 1. The molecule has 0 spiro atoms. The summed E-state index contributed by atoms with van der Waals surface area (Å²) in [5.41, 5.74) is 2.37. The molecule has 2 aromatic carbocycles. The first kappa shape index (κ1) is 19.1. The zero-order valence-electron chi connectivity index (χ0n) is 15.1. The number of methoxy groups -OCH3 is 1. The molecular formula is C20H23BrN2O2S. The molecular weight excluding hydrogens is 412 g/mol. The Hall–Kier alpha value is -1.66. The van der Waals surface area contributed by atoms with Gasteiger partial charge >= 0.3 is 0 Å². The van der Waals surface area contributed by atoms with Gasteiger partial charge in [-0.3, -0.25) is 4.79 Å². The standard InChI is InChI=1S/C20H23BrN2O2S/c1-15-13-16(21)3-8-19(15)26-14-20(24)23-11-9-22(10-12-23)17-4-6-18(25-2)7-5-17/h3-8,13H,9-12,14H2,1-2H3. The van der Waals surface area contributed by atoms with Gasteiger partial charge in [-0.1, -0.05) is 15.9 Å². The van der Waals surface area contributed by atoms with Gasteiger partial charge in [-0.05, 0) is 55.0 Å². The van der Waals surface area contributed by atoms with Crippen LogP contribution in [-0.2, 0) is 4.79 Å². The topological polar surface area (TPSA) is 32.8 Å². The van der Waals surface area contributed by atoms with E-state index in [0.29, 0.717) is 5.75 Å². The molecule has 1 aliphatic heterocycles. The van der Waals surface area contributed by atoms with E-state index in [9.17, 15) is 4.79 Å². The van der Waals surface area contributed by atoms with Crippen molar-refractivity contribution in [1.29, 1.82) is 0 Å². The van der Waals surface area contributed by atoms with Gasteiger partial charge in [0.25, 0.3) is 0 Å². The van der Waals surface area contributed by atoms with Crippen molar-refractivity contribution < 1.29 is 9.53 Å². The molecule has 1 fully saturated rings. The number of aryl methyl sites for hydroxylation is 1. The fraction of sp³-hybridized carbons (Fsp3) is 0.350. The summed E-state index contributed by atoms with van der Waals surface area (Å²) in [6, 6.07) is 14.3. The smallest absolute Gasteiger partial charge is 0.233 e. The molecule has 0 atom stereocenters. The molecule has 0 aliphatic carbocycles. The van der Waals surface area contributed by atoms with Crippen LogP contribution in [0.4, 0.5) is 5.69 Å². The van der Waals surface area contributed by atoms with Gasteiger partial charge in [0, 0.05) is 41.2 Å². The highest BCUT2D eigenvalue weighted by Gasteiger charge is 2.21. The van der Waals surface area contributed by atoms with Gasteiger partial charge in [-0.15, -0.1) is 11.8 Å². The Balaban J connectivity index is 1.50.